The van der Waals surface area contributed by atoms with Gasteiger partial charge in [-0.2, -0.15) is 0 Å². The Morgan fingerprint density at radius 2 is 1.85 bits per heavy atom. The maximum atomic E-state index is 14.5. The number of hydrogen-bond donors (Lipinski definition) is 0. The summed E-state index contributed by atoms with van der Waals surface area (Å²) in [6, 6.07) is 13.5. The molecule has 1 unspecified atom stereocenters. The Bertz CT molecular complexity index is 846. The third-order valence-electron chi connectivity index (χ3n) is 5.51. The molecule has 0 aromatic heterocycles. The van der Waals surface area contributed by atoms with Gasteiger partial charge >= 0.3 is 0 Å². The smallest absolute Gasteiger partial charge is 0.131 e. The predicted molar refractivity (Wildman–Crippen MR) is 113 cm³/mol. The first kappa shape index (κ1) is 19.4. The van der Waals surface area contributed by atoms with Gasteiger partial charge in [0, 0.05) is 11.1 Å². The molecule has 2 aromatic carbocycles. The molecule has 0 saturated carbocycles. The van der Waals surface area contributed by atoms with Crippen LogP contribution in [0.3, 0.4) is 0 Å². The first-order valence-corrected chi connectivity index (χ1v) is 10.3. The van der Waals surface area contributed by atoms with E-state index in [0.29, 0.717) is 5.56 Å². The zero-order valence-electron chi connectivity index (χ0n) is 16.5. The van der Waals surface area contributed by atoms with Gasteiger partial charge in [-0.25, -0.2) is 4.39 Å². The highest BCUT2D eigenvalue weighted by molar-refractivity contribution is 5.65. The van der Waals surface area contributed by atoms with E-state index < -0.39 is 0 Å². The van der Waals surface area contributed by atoms with Crippen LogP contribution in [0, 0.1) is 23.6 Å². The topological polar surface area (TPSA) is 0 Å². The molecule has 0 nitrogen and oxygen atoms in total. The van der Waals surface area contributed by atoms with E-state index in [9.17, 15) is 4.39 Å². The molecule has 0 spiro atoms. The predicted octanol–water partition coefficient (Wildman–Crippen LogP) is 7.32. The number of allylic oxidation sites excluding steroid dienone is 2. The minimum absolute atomic E-state index is 0.139. The molecule has 1 heteroatoms. The third-order valence-corrected chi connectivity index (χ3v) is 5.51. The molecule has 0 radical (unpaired) electrons. The van der Waals surface area contributed by atoms with Gasteiger partial charge in [0.05, 0.1) is 0 Å². The van der Waals surface area contributed by atoms with Crippen LogP contribution < -0.4 is 0 Å². The normalized spacial score (nSPS) is 16.4. The summed E-state index contributed by atoms with van der Waals surface area (Å²) in [5, 5.41) is 0. The molecule has 0 amide bonds. The summed E-state index contributed by atoms with van der Waals surface area (Å²) >= 11 is 0. The van der Waals surface area contributed by atoms with E-state index in [1.165, 1.54) is 18.4 Å². The van der Waals surface area contributed by atoms with Crippen molar-refractivity contribution in [3.05, 3.63) is 71.1 Å². The van der Waals surface area contributed by atoms with Crippen molar-refractivity contribution >= 4 is 0 Å². The maximum Gasteiger partial charge on any atom is 0.131 e. The van der Waals surface area contributed by atoms with Crippen molar-refractivity contribution in [3.8, 4) is 23.0 Å². The van der Waals surface area contributed by atoms with Crippen LogP contribution in [0.5, 0.6) is 0 Å². The van der Waals surface area contributed by atoms with Crippen molar-refractivity contribution in [2.75, 3.05) is 0 Å². The fraction of sp³-hybridized carbons (Fsp3) is 0.385. The van der Waals surface area contributed by atoms with E-state index in [2.05, 4.69) is 31.8 Å². The van der Waals surface area contributed by atoms with Gasteiger partial charge in [-0.15, -0.1) is 0 Å². The number of aryl methyl sites for hydroxylation is 1. The van der Waals surface area contributed by atoms with Crippen LogP contribution in [0.2, 0.25) is 0 Å². The molecule has 3 rings (SSSR count). The number of rotatable bonds is 5. The van der Waals surface area contributed by atoms with Gasteiger partial charge < -0.3 is 0 Å². The van der Waals surface area contributed by atoms with Crippen molar-refractivity contribution in [1.82, 2.24) is 0 Å². The van der Waals surface area contributed by atoms with Crippen LogP contribution in [-0.4, -0.2) is 0 Å². The Hall–Kier alpha value is -2.33. The molecular formula is C26H29F. The van der Waals surface area contributed by atoms with Gasteiger partial charge in [-0.05, 0) is 72.9 Å². The van der Waals surface area contributed by atoms with Gasteiger partial charge in [0.15, 0.2) is 0 Å². The van der Waals surface area contributed by atoms with E-state index in [4.69, 9.17) is 0 Å². The largest absolute Gasteiger partial charge is 0.206 e. The first-order valence-electron chi connectivity index (χ1n) is 10.3. The van der Waals surface area contributed by atoms with Crippen LogP contribution in [-0.2, 0) is 6.42 Å². The monoisotopic (exact) mass is 360 g/mol. The summed E-state index contributed by atoms with van der Waals surface area (Å²) in [5.74, 6) is 7.27. The second-order valence-electron chi connectivity index (χ2n) is 7.52. The van der Waals surface area contributed by atoms with E-state index in [1.807, 2.05) is 36.4 Å². The SMILES string of the molecule is CCCCc1ccc(-c2ccc(C#CC3=CCC(CC)CC3)cc2)c(F)c1. The minimum atomic E-state index is -0.139. The van der Waals surface area contributed by atoms with E-state index in [-0.39, 0.29) is 5.82 Å². The van der Waals surface area contributed by atoms with Crippen LogP contribution in [0.1, 0.15) is 63.5 Å². The average Bonchev–Trinajstić information content (AvgIpc) is 2.71. The fourth-order valence-electron chi connectivity index (χ4n) is 3.59. The van der Waals surface area contributed by atoms with Crippen LogP contribution in [0.4, 0.5) is 4.39 Å². The highest BCUT2D eigenvalue weighted by Gasteiger charge is 2.11. The molecule has 1 aliphatic rings. The lowest BCUT2D eigenvalue weighted by molar-refractivity contribution is 0.460. The molecule has 0 N–H and O–H groups in total. The summed E-state index contributed by atoms with van der Waals surface area (Å²) in [5.41, 5.74) is 4.89. The summed E-state index contributed by atoms with van der Waals surface area (Å²) in [6.45, 7) is 4.42. The van der Waals surface area contributed by atoms with Gasteiger partial charge in [0.25, 0.3) is 0 Å². The molecule has 140 valence electrons. The lowest BCUT2D eigenvalue weighted by atomic mass is 9.88. The van der Waals surface area contributed by atoms with E-state index in [1.54, 1.807) is 6.07 Å². The Morgan fingerprint density at radius 3 is 2.48 bits per heavy atom. The van der Waals surface area contributed by atoms with Crippen LogP contribution in [0.15, 0.2) is 54.1 Å². The lowest BCUT2D eigenvalue weighted by Gasteiger charge is -2.17. The summed E-state index contributed by atoms with van der Waals surface area (Å²) < 4.78 is 14.5. The minimum Gasteiger partial charge on any atom is -0.206 e. The molecular weight excluding hydrogens is 331 g/mol. The molecule has 1 aliphatic carbocycles. The van der Waals surface area contributed by atoms with E-state index >= 15 is 0 Å². The number of unbranched alkanes of at least 4 members (excludes halogenated alkanes) is 1. The van der Waals surface area contributed by atoms with Crippen molar-refractivity contribution < 1.29 is 4.39 Å². The highest BCUT2D eigenvalue weighted by atomic mass is 19.1. The maximum absolute atomic E-state index is 14.5. The first-order chi connectivity index (χ1) is 13.2. The Balaban J connectivity index is 1.69. The molecule has 0 heterocycles. The Morgan fingerprint density at radius 1 is 1.04 bits per heavy atom. The molecule has 0 aliphatic heterocycles. The number of benzene rings is 2. The zero-order chi connectivity index (χ0) is 19.1. The molecule has 0 fully saturated rings. The number of halogens is 1. The highest BCUT2D eigenvalue weighted by Crippen LogP contribution is 2.26. The second-order valence-corrected chi connectivity index (χ2v) is 7.52. The van der Waals surface area contributed by atoms with Crippen molar-refractivity contribution in [3.63, 3.8) is 0 Å². The molecule has 0 saturated heterocycles. The Kier molecular flexibility index (Phi) is 6.88. The molecule has 0 bridgehead atoms. The van der Waals surface area contributed by atoms with Crippen molar-refractivity contribution in [2.45, 2.75) is 58.8 Å². The van der Waals surface area contributed by atoms with Crippen molar-refractivity contribution in [2.24, 2.45) is 5.92 Å². The van der Waals surface area contributed by atoms with Gasteiger partial charge in [0.2, 0.25) is 0 Å². The zero-order valence-corrected chi connectivity index (χ0v) is 16.5. The van der Waals surface area contributed by atoms with Crippen LogP contribution in [0.25, 0.3) is 11.1 Å². The third kappa shape index (κ3) is 5.33. The summed E-state index contributed by atoms with van der Waals surface area (Å²) in [4.78, 5) is 0. The molecule has 2 aromatic rings. The average molecular weight is 361 g/mol. The van der Waals surface area contributed by atoms with Gasteiger partial charge in [-0.1, -0.05) is 68.9 Å². The molecule has 27 heavy (non-hydrogen) atoms. The quantitative estimate of drug-likeness (QED) is 0.490. The lowest BCUT2D eigenvalue weighted by Crippen LogP contribution is -2.03. The van der Waals surface area contributed by atoms with Crippen molar-refractivity contribution in [1.29, 1.82) is 0 Å². The summed E-state index contributed by atoms with van der Waals surface area (Å²) in [6.07, 6.45) is 10.2. The Labute approximate surface area is 163 Å². The molecule has 1 atom stereocenters. The number of hydrogen-bond acceptors (Lipinski definition) is 0. The van der Waals surface area contributed by atoms with Gasteiger partial charge in [0.1, 0.15) is 5.82 Å². The van der Waals surface area contributed by atoms with Gasteiger partial charge in [-0.3, -0.25) is 0 Å². The van der Waals surface area contributed by atoms with Crippen LogP contribution >= 0.6 is 0 Å². The fourth-order valence-corrected chi connectivity index (χ4v) is 3.59. The second kappa shape index (κ2) is 9.56. The summed E-state index contributed by atoms with van der Waals surface area (Å²) in [7, 11) is 0. The van der Waals surface area contributed by atoms with E-state index in [0.717, 1.165) is 54.7 Å². The standard InChI is InChI=1S/C26H29F/c1-3-5-6-23-15-18-25(26(27)19-23)24-16-13-22(14-17-24)12-11-21-9-7-20(4-2)8-10-21/h9,13-20H,3-8,10H2,1-2H3.